The van der Waals surface area contributed by atoms with E-state index < -0.39 is 11.7 Å². The molecule has 1 aliphatic heterocycles. The number of fused-ring (bicyclic) bond motifs is 1. The summed E-state index contributed by atoms with van der Waals surface area (Å²) in [6.45, 7) is 5.23. The average molecular weight is 232 g/mol. The van der Waals surface area contributed by atoms with Crippen molar-refractivity contribution in [1.29, 1.82) is 0 Å². The van der Waals surface area contributed by atoms with Crippen molar-refractivity contribution in [1.82, 2.24) is 0 Å². The lowest BCUT2D eigenvalue weighted by atomic mass is 10.1. The SMILES string of the molecule is CC(C)CN(C)c1ccc2c(c1)NC(=O)C2=O. The fraction of sp³-hybridized carbons (Fsp3) is 0.385. The maximum absolute atomic E-state index is 11.4. The quantitative estimate of drug-likeness (QED) is 0.810. The lowest BCUT2D eigenvalue weighted by Crippen LogP contribution is -2.22. The first-order valence-electron chi connectivity index (χ1n) is 5.70. The van der Waals surface area contributed by atoms with Gasteiger partial charge in [-0.25, -0.2) is 0 Å². The number of carbonyl (C=O) groups excluding carboxylic acids is 2. The summed E-state index contributed by atoms with van der Waals surface area (Å²) in [6, 6.07) is 5.43. The van der Waals surface area contributed by atoms with Crippen LogP contribution in [0.1, 0.15) is 24.2 Å². The van der Waals surface area contributed by atoms with Gasteiger partial charge in [0.2, 0.25) is 0 Å². The summed E-state index contributed by atoms with van der Waals surface area (Å²) in [5.41, 5.74) is 2.09. The van der Waals surface area contributed by atoms with Crippen LogP contribution in [0.25, 0.3) is 0 Å². The van der Waals surface area contributed by atoms with Crippen LogP contribution < -0.4 is 10.2 Å². The van der Waals surface area contributed by atoms with Crippen LogP contribution in [0.5, 0.6) is 0 Å². The Morgan fingerprint density at radius 3 is 2.65 bits per heavy atom. The second-order valence-corrected chi connectivity index (χ2v) is 4.79. The number of anilines is 2. The minimum Gasteiger partial charge on any atom is -0.374 e. The highest BCUT2D eigenvalue weighted by Gasteiger charge is 2.28. The lowest BCUT2D eigenvalue weighted by Gasteiger charge is -2.21. The van der Waals surface area contributed by atoms with Gasteiger partial charge in [-0.3, -0.25) is 9.59 Å². The number of hydrogen-bond donors (Lipinski definition) is 1. The minimum absolute atomic E-state index is 0.446. The molecule has 1 heterocycles. The third-order valence-electron chi connectivity index (χ3n) is 2.78. The first-order valence-corrected chi connectivity index (χ1v) is 5.70. The second kappa shape index (κ2) is 4.20. The molecule has 1 aromatic carbocycles. The van der Waals surface area contributed by atoms with Crippen molar-refractivity contribution in [2.45, 2.75) is 13.8 Å². The Bertz CT molecular complexity index is 480. The van der Waals surface area contributed by atoms with Gasteiger partial charge >= 0.3 is 0 Å². The maximum Gasteiger partial charge on any atom is 0.296 e. The van der Waals surface area contributed by atoms with E-state index in [9.17, 15) is 9.59 Å². The molecule has 0 aliphatic carbocycles. The summed E-state index contributed by atoms with van der Waals surface area (Å²) in [6.07, 6.45) is 0. The summed E-state index contributed by atoms with van der Waals surface area (Å²) in [5, 5.41) is 2.58. The van der Waals surface area contributed by atoms with Crippen LogP contribution in [0.4, 0.5) is 11.4 Å². The van der Waals surface area contributed by atoms with Crippen LogP contribution in [0.3, 0.4) is 0 Å². The Morgan fingerprint density at radius 1 is 1.29 bits per heavy atom. The highest BCUT2D eigenvalue weighted by molar-refractivity contribution is 6.51. The van der Waals surface area contributed by atoms with Gasteiger partial charge in [-0.05, 0) is 24.1 Å². The first kappa shape index (κ1) is 11.6. The smallest absolute Gasteiger partial charge is 0.296 e. The highest BCUT2D eigenvalue weighted by Crippen LogP contribution is 2.28. The van der Waals surface area contributed by atoms with E-state index in [-0.39, 0.29) is 0 Å². The zero-order chi connectivity index (χ0) is 12.6. The van der Waals surface area contributed by atoms with Crippen molar-refractivity contribution in [3.8, 4) is 0 Å². The Kier molecular flexibility index (Phi) is 2.88. The third-order valence-corrected chi connectivity index (χ3v) is 2.78. The summed E-state index contributed by atoms with van der Waals surface area (Å²) in [5.74, 6) is -0.425. The zero-order valence-corrected chi connectivity index (χ0v) is 10.3. The van der Waals surface area contributed by atoms with Crippen molar-refractivity contribution < 1.29 is 9.59 Å². The average Bonchev–Trinajstić information content (AvgIpc) is 2.53. The molecule has 0 aromatic heterocycles. The predicted octanol–water partition coefficient (Wildman–Crippen LogP) is 1.91. The molecule has 0 saturated carbocycles. The van der Waals surface area contributed by atoms with E-state index in [2.05, 4.69) is 24.1 Å². The summed E-state index contributed by atoms with van der Waals surface area (Å²) in [7, 11) is 2.00. The van der Waals surface area contributed by atoms with E-state index in [4.69, 9.17) is 0 Å². The molecule has 4 nitrogen and oxygen atoms in total. The number of ketones is 1. The molecule has 0 fully saturated rings. The molecule has 0 atom stereocenters. The number of benzene rings is 1. The van der Waals surface area contributed by atoms with Gasteiger partial charge in [0, 0.05) is 19.3 Å². The molecular formula is C13H16N2O2. The minimum atomic E-state index is -0.538. The Hall–Kier alpha value is -1.84. The number of carbonyl (C=O) groups is 2. The van der Waals surface area contributed by atoms with Crippen molar-refractivity contribution in [2.75, 3.05) is 23.8 Å². The molecule has 0 radical (unpaired) electrons. The van der Waals surface area contributed by atoms with Crippen molar-refractivity contribution in [2.24, 2.45) is 5.92 Å². The van der Waals surface area contributed by atoms with Crippen LogP contribution in [0.15, 0.2) is 18.2 Å². The van der Waals surface area contributed by atoms with Gasteiger partial charge in [-0.2, -0.15) is 0 Å². The van der Waals surface area contributed by atoms with E-state index in [1.54, 1.807) is 6.07 Å². The molecule has 4 heteroatoms. The fourth-order valence-corrected chi connectivity index (χ4v) is 2.03. The molecule has 1 aromatic rings. The topological polar surface area (TPSA) is 49.4 Å². The van der Waals surface area contributed by atoms with Gasteiger partial charge in [0.1, 0.15) is 0 Å². The van der Waals surface area contributed by atoms with Crippen LogP contribution in [0.2, 0.25) is 0 Å². The number of hydrogen-bond acceptors (Lipinski definition) is 3. The van der Waals surface area contributed by atoms with Gasteiger partial charge in [0.15, 0.2) is 0 Å². The van der Waals surface area contributed by atoms with Crippen molar-refractivity contribution >= 4 is 23.1 Å². The Balaban J connectivity index is 2.27. The van der Waals surface area contributed by atoms with Gasteiger partial charge in [0.05, 0.1) is 11.3 Å². The molecule has 1 amide bonds. The molecule has 90 valence electrons. The van der Waals surface area contributed by atoms with Crippen LogP contribution >= 0.6 is 0 Å². The number of nitrogens with one attached hydrogen (secondary N) is 1. The fourth-order valence-electron chi connectivity index (χ4n) is 2.03. The van der Waals surface area contributed by atoms with Crippen molar-refractivity contribution in [3.63, 3.8) is 0 Å². The molecule has 2 rings (SSSR count). The maximum atomic E-state index is 11.4. The highest BCUT2D eigenvalue weighted by atomic mass is 16.2. The number of Topliss-reactive ketones (excluding diaryl/α,β-unsaturated/α-hetero) is 1. The van der Waals surface area contributed by atoms with E-state index in [0.29, 0.717) is 17.2 Å². The van der Waals surface area contributed by atoms with Crippen molar-refractivity contribution in [3.05, 3.63) is 23.8 Å². The summed E-state index contributed by atoms with van der Waals surface area (Å²) in [4.78, 5) is 24.8. The van der Waals surface area contributed by atoms with Crippen LogP contribution in [0, 0.1) is 5.92 Å². The van der Waals surface area contributed by atoms with E-state index in [1.165, 1.54) is 0 Å². The second-order valence-electron chi connectivity index (χ2n) is 4.79. The molecule has 0 bridgehead atoms. The summed E-state index contributed by atoms with van der Waals surface area (Å²) < 4.78 is 0. The molecule has 1 N–H and O–H groups in total. The Labute approximate surface area is 101 Å². The summed E-state index contributed by atoms with van der Waals surface area (Å²) >= 11 is 0. The molecule has 0 saturated heterocycles. The molecule has 1 aliphatic rings. The van der Waals surface area contributed by atoms with E-state index in [1.807, 2.05) is 19.2 Å². The number of rotatable bonds is 3. The number of nitrogens with zero attached hydrogens (tertiary/aromatic N) is 1. The monoisotopic (exact) mass is 232 g/mol. The van der Waals surface area contributed by atoms with E-state index >= 15 is 0 Å². The van der Waals surface area contributed by atoms with E-state index in [0.717, 1.165) is 12.2 Å². The lowest BCUT2D eigenvalue weighted by molar-refractivity contribution is -0.112. The normalized spacial score (nSPS) is 13.9. The van der Waals surface area contributed by atoms with Gasteiger partial charge < -0.3 is 10.2 Å². The standard InChI is InChI=1S/C13H16N2O2/c1-8(2)7-15(3)9-4-5-10-11(6-9)14-13(17)12(10)16/h4-6,8H,7H2,1-3H3,(H,14,16,17). The number of amides is 1. The van der Waals surface area contributed by atoms with Gasteiger partial charge in [0.25, 0.3) is 11.7 Å². The van der Waals surface area contributed by atoms with Crippen LogP contribution in [-0.4, -0.2) is 25.3 Å². The largest absolute Gasteiger partial charge is 0.374 e. The predicted molar refractivity (Wildman–Crippen MR) is 67.5 cm³/mol. The third kappa shape index (κ3) is 2.16. The zero-order valence-electron chi connectivity index (χ0n) is 10.3. The van der Waals surface area contributed by atoms with Gasteiger partial charge in [-0.1, -0.05) is 13.8 Å². The molecule has 17 heavy (non-hydrogen) atoms. The molecule has 0 unspecified atom stereocenters. The first-order chi connectivity index (χ1) is 7.99. The van der Waals surface area contributed by atoms with Gasteiger partial charge in [-0.15, -0.1) is 0 Å². The van der Waals surface area contributed by atoms with Crippen LogP contribution in [-0.2, 0) is 4.79 Å². The Morgan fingerprint density at radius 2 is 2.00 bits per heavy atom. The molecule has 0 spiro atoms. The molecular weight excluding hydrogens is 216 g/mol.